The second kappa shape index (κ2) is 6.70. The first-order chi connectivity index (χ1) is 9.69. The third-order valence-corrected chi connectivity index (χ3v) is 3.28. The molecule has 0 aromatic heterocycles. The topological polar surface area (TPSA) is 52.4 Å². The van der Waals surface area contributed by atoms with Crippen molar-refractivity contribution in [3.8, 4) is 5.75 Å². The van der Waals surface area contributed by atoms with Gasteiger partial charge in [0.15, 0.2) is 0 Å². The molecular formula is C16H17NO3. The molecule has 4 heteroatoms. The molecule has 2 aromatic carbocycles. The average molecular weight is 271 g/mol. The van der Waals surface area contributed by atoms with Crippen LogP contribution in [0.25, 0.3) is 0 Å². The Hall–Kier alpha value is -2.36. The summed E-state index contributed by atoms with van der Waals surface area (Å²) in [6, 6.07) is 17.3. The van der Waals surface area contributed by atoms with E-state index in [2.05, 4.69) is 0 Å². The van der Waals surface area contributed by atoms with E-state index in [0.29, 0.717) is 6.42 Å². The quantitative estimate of drug-likeness (QED) is 0.598. The summed E-state index contributed by atoms with van der Waals surface area (Å²) in [6.07, 6.45) is 0.661. The molecule has 0 aliphatic carbocycles. The van der Waals surface area contributed by atoms with Gasteiger partial charge < -0.3 is 4.74 Å². The van der Waals surface area contributed by atoms with Gasteiger partial charge in [0.25, 0.3) is 0 Å². The van der Waals surface area contributed by atoms with Crippen molar-refractivity contribution in [1.29, 1.82) is 0 Å². The molecule has 0 saturated carbocycles. The van der Waals surface area contributed by atoms with Gasteiger partial charge in [-0.05, 0) is 29.7 Å². The van der Waals surface area contributed by atoms with E-state index in [9.17, 15) is 10.1 Å². The van der Waals surface area contributed by atoms with Crippen LogP contribution in [-0.4, -0.2) is 18.6 Å². The third-order valence-electron chi connectivity index (χ3n) is 3.28. The van der Waals surface area contributed by atoms with E-state index in [4.69, 9.17) is 4.74 Å². The molecular weight excluding hydrogens is 254 g/mol. The van der Waals surface area contributed by atoms with Gasteiger partial charge in [0, 0.05) is 4.92 Å². The van der Waals surface area contributed by atoms with E-state index in [1.165, 1.54) is 0 Å². The molecule has 1 atom stereocenters. The van der Waals surface area contributed by atoms with Gasteiger partial charge in [0.05, 0.1) is 13.0 Å². The zero-order chi connectivity index (χ0) is 14.4. The SMILES string of the molecule is COc1ccc(C(Cc2ccccc2)C[N+](=O)[O-])cc1. The minimum atomic E-state index is -0.252. The number of benzene rings is 2. The second-order valence-electron chi connectivity index (χ2n) is 4.68. The lowest BCUT2D eigenvalue weighted by Crippen LogP contribution is -2.15. The van der Waals surface area contributed by atoms with Crippen LogP contribution in [0.15, 0.2) is 54.6 Å². The van der Waals surface area contributed by atoms with Crippen molar-refractivity contribution in [1.82, 2.24) is 0 Å². The highest BCUT2D eigenvalue weighted by molar-refractivity contribution is 5.31. The number of methoxy groups -OCH3 is 1. The van der Waals surface area contributed by atoms with Crippen LogP contribution < -0.4 is 4.74 Å². The maximum absolute atomic E-state index is 10.9. The second-order valence-corrected chi connectivity index (χ2v) is 4.68. The van der Waals surface area contributed by atoms with Gasteiger partial charge in [-0.15, -0.1) is 0 Å². The summed E-state index contributed by atoms with van der Waals surface area (Å²) in [5, 5.41) is 10.9. The van der Waals surface area contributed by atoms with E-state index in [1.54, 1.807) is 7.11 Å². The lowest BCUT2D eigenvalue weighted by atomic mass is 9.92. The van der Waals surface area contributed by atoms with Crippen LogP contribution in [-0.2, 0) is 6.42 Å². The Morgan fingerprint density at radius 3 is 2.30 bits per heavy atom. The van der Waals surface area contributed by atoms with Crippen molar-refractivity contribution in [2.75, 3.05) is 13.7 Å². The maximum Gasteiger partial charge on any atom is 0.210 e. The first kappa shape index (κ1) is 14.1. The first-order valence-electron chi connectivity index (χ1n) is 6.48. The van der Waals surface area contributed by atoms with E-state index < -0.39 is 0 Å². The zero-order valence-corrected chi connectivity index (χ0v) is 11.4. The van der Waals surface area contributed by atoms with Crippen LogP contribution in [0.5, 0.6) is 5.75 Å². The fraction of sp³-hybridized carbons (Fsp3) is 0.250. The van der Waals surface area contributed by atoms with Gasteiger partial charge in [0.1, 0.15) is 5.75 Å². The highest BCUT2D eigenvalue weighted by Crippen LogP contribution is 2.23. The third kappa shape index (κ3) is 3.82. The summed E-state index contributed by atoms with van der Waals surface area (Å²) in [7, 11) is 1.60. The van der Waals surface area contributed by atoms with Crippen LogP contribution in [0.1, 0.15) is 17.0 Å². The van der Waals surface area contributed by atoms with Gasteiger partial charge in [0.2, 0.25) is 6.54 Å². The molecule has 0 N–H and O–H groups in total. The van der Waals surface area contributed by atoms with E-state index >= 15 is 0 Å². The number of nitro groups is 1. The molecule has 0 fully saturated rings. The highest BCUT2D eigenvalue weighted by Gasteiger charge is 2.18. The largest absolute Gasteiger partial charge is 0.497 e. The van der Waals surface area contributed by atoms with Crippen LogP contribution in [0.2, 0.25) is 0 Å². The van der Waals surface area contributed by atoms with Gasteiger partial charge in [-0.25, -0.2) is 0 Å². The molecule has 1 unspecified atom stereocenters. The molecule has 0 heterocycles. The minimum absolute atomic E-state index is 0.0682. The fourth-order valence-electron chi connectivity index (χ4n) is 2.24. The Bertz CT molecular complexity index is 552. The molecule has 0 radical (unpaired) electrons. The van der Waals surface area contributed by atoms with Crippen LogP contribution in [0, 0.1) is 10.1 Å². The normalized spacial score (nSPS) is 11.8. The fourth-order valence-corrected chi connectivity index (χ4v) is 2.24. The summed E-state index contributed by atoms with van der Waals surface area (Å²) in [4.78, 5) is 10.6. The van der Waals surface area contributed by atoms with Crippen molar-refractivity contribution in [3.63, 3.8) is 0 Å². The Morgan fingerprint density at radius 1 is 1.10 bits per heavy atom. The summed E-state index contributed by atoms with van der Waals surface area (Å²) in [6.45, 7) is -0.0682. The highest BCUT2D eigenvalue weighted by atomic mass is 16.6. The molecule has 0 amide bonds. The lowest BCUT2D eigenvalue weighted by molar-refractivity contribution is -0.483. The van der Waals surface area contributed by atoms with Crippen molar-refractivity contribution in [2.24, 2.45) is 0 Å². The number of hydrogen-bond donors (Lipinski definition) is 0. The van der Waals surface area contributed by atoms with Crippen LogP contribution in [0.3, 0.4) is 0 Å². The molecule has 0 aliphatic heterocycles. The summed E-state index contributed by atoms with van der Waals surface area (Å²) < 4.78 is 5.11. The van der Waals surface area contributed by atoms with Gasteiger partial charge in [-0.2, -0.15) is 0 Å². The maximum atomic E-state index is 10.9. The first-order valence-corrected chi connectivity index (χ1v) is 6.48. The summed E-state index contributed by atoms with van der Waals surface area (Å²) >= 11 is 0. The molecule has 0 spiro atoms. The predicted octanol–water partition coefficient (Wildman–Crippen LogP) is 3.30. The Labute approximate surface area is 118 Å². The van der Waals surface area contributed by atoms with Crippen molar-refractivity contribution < 1.29 is 9.66 Å². The Kier molecular flexibility index (Phi) is 4.71. The molecule has 20 heavy (non-hydrogen) atoms. The zero-order valence-electron chi connectivity index (χ0n) is 11.4. The van der Waals surface area contributed by atoms with Crippen molar-refractivity contribution in [2.45, 2.75) is 12.3 Å². The van der Waals surface area contributed by atoms with Crippen molar-refractivity contribution >= 4 is 0 Å². The molecule has 2 aromatic rings. The van der Waals surface area contributed by atoms with Crippen LogP contribution >= 0.6 is 0 Å². The Balaban J connectivity index is 2.19. The molecule has 104 valence electrons. The monoisotopic (exact) mass is 271 g/mol. The predicted molar refractivity (Wildman–Crippen MR) is 77.7 cm³/mol. The minimum Gasteiger partial charge on any atom is -0.497 e. The van der Waals surface area contributed by atoms with E-state index in [1.807, 2.05) is 54.6 Å². The number of ether oxygens (including phenoxy) is 1. The van der Waals surface area contributed by atoms with E-state index in [-0.39, 0.29) is 17.4 Å². The van der Waals surface area contributed by atoms with Gasteiger partial charge in [-0.1, -0.05) is 42.5 Å². The number of nitrogens with zero attached hydrogens (tertiary/aromatic N) is 1. The molecule has 0 bridgehead atoms. The van der Waals surface area contributed by atoms with Gasteiger partial charge >= 0.3 is 0 Å². The van der Waals surface area contributed by atoms with Gasteiger partial charge in [-0.3, -0.25) is 10.1 Å². The molecule has 0 saturated heterocycles. The molecule has 2 rings (SSSR count). The summed E-state index contributed by atoms with van der Waals surface area (Å²) in [5.74, 6) is 0.631. The standard InChI is InChI=1S/C16H17NO3/c1-20-16-9-7-14(8-10-16)15(12-17(18)19)11-13-5-3-2-4-6-13/h2-10,15H,11-12H2,1H3. The molecule has 4 nitrogen and oxygen atoms in total. The lowest BCUT2D eigenvalue weighted by Gasteiger charge is -2.14. The summed E-state index contributed by atoms with van der Waals surface area (Å²) in [5.41, 5.74) is 2.07. The Morgan fingerprint density at radius 2 is 1.75 bits per heavy atom. The van der Waals surface area contributed by atoms with Crippen molar-refractivity contribution in [3.05, 3.63) is 75.8 Å². The van der Waals surface area contributed by atoms with E-state index in [0.717, 1.165) is 16.9 Å². The smallest absolute Gasteiger partial charge is 0.210 e. The average Bonchev–Trinajstić information content (AvgIpc) is 2.47. The molecule has 0 aliphatic rings. The number of rotatable bonds is 6. The number of hydrogen-bond acceptors (Lipinski definition) is 3. The van der Waals surface area contributed by atoms with Crippen LogP contribution in [0.4, 0.5) is 0 Å².